The molecule has 0 bridgehead atoms. The lowest BCUT2D eigenvalue weighted by Crippen LogP contribution is -1.94. The highest BCUT2D eigenvalue weighted by Gasteiger charge is 2.19. The van der Waals surface area contributed by atoms with Crippen LogP contribution in [0.15, 0.2) is 158 Å². The van der Waals surface area contributed by atoms with Crippen LogP contribution in [0.3, 0.4) is 0 Å². The van der Waals surface area contributed by atoms with Crippen LogP contribution < -0.4 is 0 Å². The van der Waals surface area contributed by atoms with Crippen LogP contribution in [0.25, 0.3) is 77.2 Å². The lowest BCUT2D eigenvalue weighted by atomic mass is 9.83. The second-order valence-electron chi connectivity index (χ2n) is 12.0. The molecule has 0 aliphatic carbocycles. The third-order valence-electron chi connectivity index (χ3n) is 9.14. The van der Waals surface area contributed by atoms with Crippen molar-refractivity contribution in [2.75, 3.05) is 0 Å². The summed E-state index contributed by atoms with van der Waals surface area (Å²) >= 11 is 0. The Labute approximate surface area is 269 Å². The van der Waals surface area contributed by atoms with Crippen molar-refractivity contribution in [3.63, 3.8) is 0 Å². The molecule has 2 aromatic heterocycles. The van der Waals surface area contributed by atoms with Gasteiger partial charge in [-0.05, 0) is 132 Å². The summed E-state index contributed by atoms with van der Waals surface area (Å²) in [6, 6.07) is 48.7. The first-order chi connectivity index (χ1) is 22.7. The van der Waals surface area contributed by atoms with Gasteiger partial charge in [-0.15, -0.1) is 0 Å². The Kier molecular flexibility index (Phi) is 6.96. The van der Waals surface area contributed by atoms with Crippen LogP contribution in [0.4, 0.5) is 0 Å². The molecule has 6 aromatic carbocycles. The molecule has 218 valence electrons. The predicted molar refractivity (Wildman–Crippen MR) is 194 cm³/mol. The molecule has 0 saturated carbocycles. The Balaban J connectivity index is 1.41. The van der Waals surface area contributed by atoms with Crippen molar-refractivity contribution in [2.45, 2.75) is 13.8 Å². The van der Waals surface area contributed by atoms with Crippen LogP contribution in [0, 0.1) is 13.8 Å². The predicted octanol–water partition coefficient (Wildman–Crippen LogP) is 11.7. The SMILES string of the molecule is Cc1cc(-c2c3ccccc3c(-c3ccc(-c4ccncc4)c(C)c3)c3cc(-c4ccccc4)ccc23)ccc1-c1ccncc1. The van der Waals surface area contributed by atoms with E-state index in [1.807, 2.05) is 24.8 Å². The summed E-state index contributed by atoms with van der Waals surface area (Å²) < 4.78 is 0. The molecule has 2 heterocycles. The summed E-state index contributed by atoms with van der Waals surface area (Å²) in [5.74, 6) is 0. The van der Waals surface area contributed by atoms with Crippen molar-refractivity contribution in [2.24, 2.45) is 0 Å². The van der Waals surface area contributed by atoms with Crippen LogP contribution in [0.2, 0.25) is 0 Å². The molecule has 0 spiro atoms. The average molecular weight is 589 g/mol. The van der Waals surface area contributed by atoms with E-state index in [4.69, 9.17) is 0 Å². The number of rotatable bonds is 5. The molecule has 0 unspecified atom stereocenters. The third kappa shape index (κ3) is 4.85. The molecule has 0 amide bonds. The van der Waals surface area contributed by atoms with Crippen LogP contribution >= 0.6 is 0 Å². The first kappa shape index (κ1) is 27.7. The van der Waals surface area contributed by atoms with E-state index in [1.54, 1.807) is 0 Å². The van der Waals surface area contributed by atoms with Crippen molar-refractivity contribution in [1.82, 2.24) is 9.97 Å². The number of fused-ring (bicyclic) bond motifs is 2. The van der Waals surface area contributed by atoms with E-state index >= 15 is 0 Å². The smallest absolute Gasteiger partial charge is 0.0273 e. The second kappa shape index (κ2) is 11.6. The zero-order valence-corrected chi connectivity index (χ0v) is 25.9. The summed E-state index contributed by atoms with van der Waals surface area (Å²) in [5, 5.41) is 5.01. The molecule has 0 saturated heterocycles. The molecule has 2 heteroatoms. The Morgan fingerprint density at radius 2 is 0.783 bits per heavy atom. The number of aryl methyl sites for hydroxylation is 2. The Morgan fingerprint density at radius 3 is 1.30 bits per heavy atom. The first-order valence-corrected chi connectivity index (χ1v) is 15.7. The number of nitrogens with zero attached hydrogens (tertiary/aromatic N) is 2. The van der Waals surface area contributed by atoms with Gasteiger partial charge in [0.05, 0.1) is 0 Å². The fraction of sp³-hybridized carbons (Fsp3) is 0.0455. The maximum atomic E-state index is 4.22. The molecule has 2 nitrogen and oxygen atoms in total. The normalized spacial score (nSPS) is 11.3. The molecular formula is C44H32N2. The number of aromatic nitrogens is 2. The van der Waals surface area contributed by atoms with E-state index < -0.39 is 0 Å². The van der Waals surface area contributed by atoms with Gasteiger partial charge < -0.3 is 0 Å². The van der Waals surface area contributed by atoms with Crippen LogP contribution in [0.5, 0.6) is 0 Å². The maximum absolute atomic E-state index is 4.22. The van der Waals surface area contributed by atoms with Crippen molar-refractivity contribution in [3.05, 3.63) is 169 Å². The highest BCUT2D eigenvalue weighted by molar-refractivity contribution is 6.22. The minimum Gasteiger partial charge on any atom is -0.265 e. The molecule has 8 aromatic rings. The number of hydrogen-bond acceptors (Lipinski definition) is 2. The fourth-order valence-electron chi connectivity index (χ4n) is 6.96. The molecule has 0 aliphatic heterocycles. The minimum atomic E-state index is 1.18. The van der Waals surface area contributed by atoms with Gasteiger partial charge in [0.2, 0.25) is 0 Å². The topological polar surface area (TPSA) is 25.8 Å². The highest BCUT2D eigenvalue weighted by Crippen LogP contribution is 2.46. The largest absolute Gasteiger partial charge is 0.265 e. The van der Waals surface area contributed by atoms with Crippen molar-refractivity contribution >= 4 is 21.5 Å². The third-order valence-corrected chi connectivity index (χ3v) is 9.14. The van der Waals surface area contributed by atoms with Gasteiger partial charge in [-0.25, -0.2) is 0 Å². The van der Waals surface area contributed by atoms with E-state index in [0.29, 0.717) is 0 Å². The van der Waals surface area contributed by atoms with E-state index in [2.05, 4.69) is 157 Å². The average Bonchev–Trinajstić information content (AvgIpc) is 3.11. The van der Waals surface area contributed by atoms with Crippen LogP contribution in [-0.2, 0) is 0 Å². The number of benzene rings is 6. The quantitative estimate of drug-likeness (QED) is 0.187. The van der Waals surface area contributed by atoms with Crippen molar-refractivity contribution < 1.29 is 0 Å². The fourth-order valence-corrected chi connectivity index (χ4v) is 6.96. The Hall–Kier alpha value is -5.86. The van der Waals surface area contributed by atoms with Gasteiger partial charge in [0, 0.05) is 24.8 Å². The standard InChI is InChI=1S/C44H32N2/c1-29-26-35(13-15-37(29)32-18-22-45-23-19-32)43-39-10-6-7-11-40(39)44(36-14-16-38(30(2)27-36)33-20-24-46-25-21-33)42-28-34(12-17-41(42)43)31-8-4-3-5-9-31/h3-28H,1-2H3. The zero-order valence-electron chi connectivity index (χ0n) is 25.9. The van der Waals surface area contributed by atoms with E-state index in [9.17, 15) is 0 Å². The van der Waals surface area contributed by atoms with Gasteiger partial charge in [-0.3, -0.25) is 9.97 Å². The zero-order chi connectivity index (χ0) is 31.0. The molecule has 0 aliphatic rings. The Bertz CT molecular complexity index is 2360. The maximum Gasteiger partial charge on any atom is 0.0273 e. The van der Waals surface area contributed by atoms with E-state index in [0.717, 1.165) is 0 Å². The summed E-state index contributed by atoms with van der Waals surface area (Å²) in [6.07, 6.45) is 7.44. The molecular weight excluding hydrogens is 556 g/mol. The lowest BCUT2D eigenvalue weighted by Gasteiger charge is -2.20. The Morgan fingerprint density at radius 1 is 0.326 bits per heavy atom. The van der Waals surface area contributed by atoms with E-state index in [1.165, 1.54) is 88.3 Å². The number of hydrogen-bond donors (Lipinski definition) is 0. The van der Waals surface area contributed by atoms with Gasteiger partial charge >= 0.3 is 0 Å². The highest BCUT2D eigenvalue weighted by atomic mass is 14.6. The summed E-state index contributed by atoms with van der Waals surface area (Å²) in [5.41, 5.74) is 14.7. The van der Waals surface area contributed by atoms with Gasteiger partial charge in [0.1, 0.15) is 0 Å². The molecule has 0 N–H and O–H groups in total. The summed E-state index contributed by atoms with van der Waals surface area (Å²) in [7, 11) is 0. The molecule has 8 rings (SSSR count). The van der Waals surface area contributed by atoms with Gasteiger partial charge in [0.25, 0.3) is 0 Å². The van der Waals surface area contributed by atoms with Crippen LogP contribution in [0.1, 0.15) is 11.1 Å². The van der Waals surface area contributed by atoms with Gasteiger partial charge in [0.15, 0.2) is 0 Å². The van der Waals surface area contributed by atoms with Crippen molar-refractivity contribution in [3.8, 4) is 55.6 Å². The van der Waals surface area contributed by atoms with Crippen LogP contribution in [-0.4, -0.2) is 9.97 Å². The molecule has 0 fully saturated rings. The van der Waals surface area contributed by atoms with E-state index in [-0.39, 0.29) is 0 Å². The molecule has 0 radical (unpaired) electrons. The lowest BCUT2D eigenvalue weighted by molar-refractivity contribution is 1.32. The summed E-state index contributed by atoms with van der Waals surface area (Å²) in [4.78, 5) is 8.44. The first-order valence-electron chi connectivity index (χ1n) is 15.7. The number of pyridine rings is 2. The second-order valence-corrected chi connectivity index (χ2v) is 12.0. The summed E-state index contributed by atoms with van der Waals surface area (Å²) in [6.45, 7) is 4.42. The monoisotopic (exact) mass is 588 g/mol. The molecule has 0 atom stereocenters. The molecule has 46 heavy (non-hydrogen) atoms. The van der Waals surface area contributed by atoms with Gasteiger partial charge in [-0.1, -0.05) is 103 Å². The van der Waals surface area contributed by atoms with Crippen molar-refractivity contribution in [1.29, 1.82) is 0 Å². The minimum absolute atomic E-state index is 1.18. The van der Waals surface area contributed by atoms with Gasteiger partial charge in [-0.2, -0.15) is 0 Å².